The number of aromatic nitrogens is 3. The van der Waals surface area contributed by atoms with E-state index >= 15 is 0 Å². The lowest BCUT2D eigenvalue weighted by Crippen LogP contribution is -2.18. The molecule has 2 rings (SSSR count). The second-order valence-electron chi connectivity index (χ2n) is 3.29. The Kier molecular flexibility index (Phi) is 3.84. The third kappa shape index (κ3) is 2.81. The van der Waals surface area contributed by atoms with Crippen molar-refractivity contribution in [3.63, 3.8) is 0 Å². The smallest absolute Gasteiger partial charge is 0.261 e. The first-order chi connectivity index (χ1) is 8.60. The number of nitrogens with two attached hydrogens (primary N) is 1. The number of anilines is 2. The second kappa shape index (κ2) is 5.38. The number of pyridine rings is 1. The average Bonchev–Trinajstić information content (AvgIpc) is 2.74. The third-order valence-electron chi connectivity index (χ3n) is 1.98. The van der Waals surface area contributed by atoms with Gasteiger partial charge in [0.15, 0.2) is 5.82 Å². The minimum Gasteiger partial charge on any atom is -0.308 e. The highest BCUT2D eigenvalue weighted by molar-refractivity contribution is 9.10. The van der Waals surface area contributed by atoms with Gasteiger partial charge in [-0.1, -0.05) is 0 Å². The molecule has 94 valence electrons. The molecule has 9 heteroatoms. The van der Waals surface area contributed by atoms with E-state index in [2.05, 4.69) is 41.0 Å². The van der Waals surface area contributed by atoms with Crippen LogP contribution in [-0.2, 0) is 0 Å². The molecule has 0 bridgehead atoms. The summed E-state index contributed by atoms with van der Waals surface area (Å²) in [5, 5.41) is 3.06. The predicted molar refractivity (Wildman–Crippen MR) is 72.3 cm³/mol. The molecule has 2 aromatic rings. The first-order valence-electron chi connectivity index (χ1n) is 4.84. The summed E-state index contributed by atoms with van der Waals surface area (Å²) < 4.78 is 4.65. The van der Waals surface area contributed by atoms with Gasteiger partial charge < -0.3 is 5.43 Å². The Bertz CT molecular complexity index is 586. The largest absolute Gasteiger partial charge is 0.308 e. The summed E-state index contributed by atoms with van der Waals surface area (Å²) in [7, 11) is 0. The maximum absolute atomic E-state index is 12.0. The molecule has 2 heterocycles. The normalized spacial score (nSPS) is 10.2. The standard InChI is InChI=1S/C9H9BrN6OS/c1-4-13-9(18-16-4)14-8(17)6-2-5(10)3-12-7(6)15-11/h2-3H,11H2,1H3,(H,12,15)(H,13,14,16,17). The number of carbonyl (C=O) groups excluding carboxylic acids is 1. The molecule has 18 heavy (non-hydrogen) atoms. The van der Waals surface area contributed by atoms with Crippen LogP contribution in [0.4, 0.5) is 10.9 Å². The number of halogens is 1. The number of rotatable bonds is 3. The number of nitrogens with zero attached hydrogens (tertiary/aromatic N) is 3. The zero-order valence-corrected chi connectivity index (χ0v) is 11.7. The van der Waals surface area contributed by atoms with Gasteiger partial charge in [0.05, 0.1) is 5.56 Å². The van der Waals surface area contributed by atoms with E-state index in [1.807, 2.05) is 0 Å². The molecular weight excluding hydrogens is 320 g/mol. The van der Waals surface area contributed by atoms with E-state index in [-0.39, 0.29) is 11.7 Å². The monoisotopic (exact) mass is 328 g/mol. The van der Waals surface area contributed by atoms with Crippen molar-refractivity contribution in [3.8, 4) is 0 Å². The molecule has 7 nitrogen and oxygen atoms in total. The van der Waals surface area contributed by atoms with Crippen LogP contribution < -0.4 is 16.6 Å². The van der Waals surface area contributed by atoms with E-state index < -0.39 is 0 Å². The summed E-state index contributed by atoms with van der Waals surface area (Å²) in [5.41, 5.74) is 2.69. The van der Waals surface area contributed by atoms with Crippen LogP contribution in [0.5, 0.6) is 0 Å². The minimum atomic E-state index is -0.354. The van der Waals surface area contributed by atoms with Gasteiger partial charge in [0.2, 0.25) is 5.13 Å². The zero-order valence-electron chi connectivity index (χ0n) is 9.27. The fourth-order valence-corrected chi connectivity index (χ4v) is 2.14. The average molecular weight is 329 g/mol. The van der Waals surface area contributed by atoms with Crippen LogP contribution in [0.15, 0.2) is 16.7 Å². The highest BCUT2D eigenvalue weighted by Crippen LogP contribution is 2.19. The number of hydrogen-bond donors (Lipinski definition) is 3. The van der Waals surface area contributed by atoms with E-state index in [4.69, 9.17) is 5.84 Å². The lowest BCUT2D eigenvalue weighted by molar-refractivity contribution is 0.102. The molecular formula is C9H9BrN6OS. The van der Waals surface area contributed by atoms with Crippen molar-refractivity contribution in [2.75, 3.05) is 10.7 Å². The van der Waals surface area contributed by atoms with Crippen molar-refractivity contribution in [2.24, 2.45) is 5.84 Å². The van der Waals surface area contributed by atoms with Gasteiger partial charge in [-0.15, -0.1) is 0 Å². The predicted octanol–water partition coefficient (Wildman–Crippen LogP) is 1.54. The number of nitrogens with one attached hydrogen (secondary N) is 2. The lowest BCUT2D eigenvalue weighted by atomic mass is 10.2. The van der Waals surface area contributed by atoms with Crippen molar-refractivity contribution in [1.29, 1.82) is 0 Å². The Labute approximate surface area is 115 Å². The van der Waals surface area contributed by atoms with E-state index in [0.717, 1.165) is 11.5 Å². The maximum atomic E-state index is 12.0. The first kappa shape index (κ1) is 12.9. The van der Waals surface area contributed by atoms with Crippen LogP contribution in [0.1, 0.15) is 16.2 Å². The van der Waals surface area contributed by atoms with Crippen molar-refractivity contribution in [2.45, 2.75) is 6.92 Å². The first-order valence-corrected chi connectivity index (χ1v) is 6.40. The van der Waals surface area contributed by atoms with Crippen molar-refractivity contribution >= 4 is 44.3 Å². The van der Waals surface area contributed by atoms with Gasteiger partial charge in [0, 0.05) is 22.2 Å². The Hall–Kier alpha value is -1.58. The molecule has 2 aromatic heterocycles. The Morgan fingerprint density at radius 3 is 2.94 bits per heavy atom. The van der Waals surface area contributed by atoms with Gasteiger partial charge in [-0.2, -0.15) is 4.37 Å². The topological polar surface area (TPSA) is 106 Å². The minimum absolute atomic E-state index is 0.289. The quantitative estimate of drug-likeness (QED) is 0.583. The number of hydrazine groups is 1. The van der Waals surface area contributed by atoms with Crippen LogP contribution in [0.3, 0.4) is 0 Å². The van der Waals surface area contributed by atoms with E-state index in [1.165, 1.54) is 0 Å². The number of aryl methyl sites for hydroxylation is 1. The fourth-order valence-electron chi connectivity index (χ4n) is 1.24. The molecule has 0 saturated carbocycles. The van der Waals surface area contributed by atoms with Gasteiger partial charge in [-0.3, -0.25) is 10.1 Å². The molecule has 0 aliphatic carbocycles. The van der Waals surface area contributed by atoms with Crippen LogP contribution in [-0.4, -0.2) is 20.2 Å². The van der Waals surface area contributed by atoms with Gasteiger partial charge in [-0.25, -0.2) is 15.8 Å². The highest BCUT2D eigenvalue weighted by Gasteiger charge is 2.14. The Morgan fingerprint density at radius 2 is 2.33 bits per heavy atom. The molecule has 0 radical (unpaired) electrons. The summed E-state index contributed by atoms with van der Waals surface area (Å²) in [6.45, 7) is 1.75. The molecule has 0 aliphatic rings. The van der Waals surface area contributed by atoms with Crippen molar-refractivity contribution in [1.82, 2.24) is 14.3 Å². The molecule has 0 aliphatic heterocycles. The van der Waals surface area contributed by atoms with Gasteiger partial charge in [0.1, 0.15) is 5.82 Å². The third-order valence-corrected chi connectivity index (χ3v) is 3.14. The van der Waals surface area contributed by atoms with Crippen molar-refractivity contribution < 1.29 is 4.79 Å². The summed E-state index contributed by atoms with van der Waals surface area (Å²) in [6.07, 6.45) is 1.54. The molecule has 0 spiro atoms. The zero-order chi connectivity index (χ0) is 13.1. The summed E-state index contributed by atoms with van der Waals surface area (Å²) in [6, 6.07) is 1.62. The molecule has 0 atom stereocenters. The fraction of sp³-hybridized carbons (Fsp3) is 0.111. The van der Waals surface area contributed by atoms with E-state index in [1.54, 1.807) is 19.2 Å². The van der Waals surface area contributed by atoms with Crippen LogP contribution in [0.25, 0.3) is 0 Å². The lowest BCUT2D eigenvalue weighted by Gasteiger charge is -2.07. The number of hydrogen-bond acceptors (Lipinski definition) is 7. The number of carbonyl (C=O) groups is 1. The summed E-state index contributed by atoms with van der Waals surface area (Å²) in [5.74, 6) is 5.85. The molecule has 0 aromatic carbocycles. The second-order valence-corrected chi connectivity index (χ2v) is 4.96. The van der Waals surface area contributed by atoms with Crippen LogP contribution in [0.2, 0.25) is 0 Å². The number of nitrogen functional groups attached to an aromatic ring is 1. The molecule has 0 saturated heterocycles. The van der Waals surface area contributed by atoms with Crippen LogP contribution >= 0.6 is 27.5 Å². The number of amides is 1. The molecule has 4 N–H and O–H groups in total. The SMILES string of the molecule is Cc1nsc(NC(=O)c2cc(Br)cnc2NN)n1. The van der Waals surface area contributed by atoms with Gasteiger partial charge in [-0.05, 0) is 28.9 Å². The molecule has 1 amide bonds. The van der Waals surface area contributed by atoms with Crippen LogP contribution in [0, 0.1) is 6.92 Å². The van der Waals surface area contributed by atoms with Crippen molar-refractivity contribution in [3.05, 3.63) is 28.1 Å². The van der Waals surface area contributed by atoms with Gasteiger partial charge >= 0.3 is 0 Å². The molecule has 0 fully saturated rings. The van der Waals surface area contributed by atoms with Gasteiger partial charge in [0.25, 0.3) is 5.91 Å². The maximum Gasteiger partial charge on any atom is 0.261 e. The summed E-state index contributed by atoms with van der Waals surface area (Å²) in [4.78, 5) is 20.1. The van der Waals surface area contributed by atoms with E-state index in [0.29, 0.717) is 21.0 Å². The van der Waals surface area contributed by atoms with E-state index in [9.17, 15) is 4.79 Å². The Balaban J connectivity index is 2.25. The Morgan fingerprint density at radius 1 is 1.56 bits per heavy atom. The summed E-state index contributed by atoms with van der Waals surface area (Å²) >= 11 is 4.36. The highest BCUT2D eigenvalue weighted by atomic mass is 79.9. The molecule has 0 unspecified atom stereocenters.